The number of urea groups is 1. The van der Waals surface area contributed by atoms with Gasteiger partial charge in [-0.05, 0) is 26.7 Å². The monoisotopic (exact) mass is 257 g/mol. The first-order valence-electron chi connectivity index (χ1n) is 5.97. The standard InChI is InChI=1S/C11H19N3O4/c1-6(5-9(15)16)12-11(18)13-7(2)10(17)14-8-3-4-8/h6-8H,3-5H2,1-2H3,(H,14,17)(H,15,16)(H2,12,13,18). The summed E-state index contributed by atoms with van der Waals surface area (Å²) in [7, 11) is 0. The zero-order valence-electron chi connectivity index (χ0n) is 10.5. The Kier molecular flexibility index (Phi) is 4.94. The van der Waals surface area contributed by atoms with Crippen LogP contribution in [0.15, 0.2) is 0 Å². The van der Waals surface area contributed by atoms with E-state index in [9.17, 15) is 14.4 Å². The maximum atomic E-state index is 11.5. The molecule has 1 fully saturated rings. The van der Waals surface area contributed by atoms with Crippen LogP contribution in [-0.4, -0.2) is 41.1 Å². The van der Waals surface area contributed by atoms with Crippen LogP contribution in [0.25, 0.3) is 0 Å². The second kappa shape index (κ2) is 6.23. The molecule has 102 valence electrons. The summed E-state index contributed by atoms with van der Waals surface area (Å²) in [5.74, 6) is -1.21. The van der Waals surface area contributed by atoms with Crippen molar-refractivity contribution in [2.45, 2.75) is 51.2 Å². The lowest BCUT2D eigenvalue weighted by molar-refractivity contribution is -0.137. The average molecular weight is 257 g/mol. The van der Waals surface area contributed by atoms with Crippen molar-refractivity contribution in [1.82, 2.24) is 16.0 Å². The second-order valence-electron chi connectivity index (χ2n) is 4.62. The molecular weight excluding hydrogens is 238 g/mol. The van der Waals surface area contributed by atoms with Gasteiger partial charge >= 0.3 is 12.0 Å². The van der Waals surface area contributed by atoms with Crippen molar-refractivity contribution in [2.24, 2.45) is 0 Å². The van der Waals surface area contributed by atoms with Gasteiger partial charge in [0.05, 0.1) is 6.42 Å². The van der Waals surface area contributed by atoms with Crippen LogP contribution in [0.5, 0.6) is 0 Å². The van der Waals surface area contributed by atoms with Gasteiger partial charge in [-0.1, -0.05) is 0 Å². The van der Waals surface area contributed by atoms with Gasteiger partial charge in [0.2, 0.25) is 5.91 Å². The third-order valence-corrected chi connectivity index (χ3v) is 2.52. The van der Waals surface area contributed by atoms with Crippen molar-refractivity contribution in [2.75, 3.05) is 0 Å². The highest BCUT2D eigenvalue weighted by Crippen LogP contribution is 2.18. The normalized spacial score (nSPS) is 17.4. The molecular formula is C11H19N3O4. The van der Waals surface area contributed by atoms with Crippen molar-refractivity contribution in [3.05, 3.63) is 0 Å². The van der Waals surface area contributed by atoms with E-state index in [1.54, 1.807) is 13.8 Å². The number of nitrogens with one attached hydrogen (secondary N) is 3. The molecule has 0 spiro atoms. The van der Waals surface area contributed by atoms with Crippen LogP contribution in [0.4, 0.5) is 4.79 Å². The molecule has 2 atom stereocenters. The molecule has 0 bridgehead atoms. The number of hydrogen-bond donors (Lipinski definition) is 4. The largest absolute Gasteiger partial charge is 0.481 e. The number of carboxylic acids is 1. The first kappa shape index (κ1) is 14.3. The van der Waals surface area contributed by atoms with Crippen LogP contribution in [0.3, 0.4) is 0 Å². The minimum absolute atomic E-state index is 0.157. The van der Waals surface area contributed by atoms with Crippen molar-refractivity contribution in [1.29, 1.82) is 0 Å². The molecule has 1 aliphatic carbocycles. The maximum Gasteiger partial charge on any atom is 0.315 e. The molecule has 0 aromatic carbocycles. The number of aliphatic carboxylic acids is 1. The van der Waals surface area contributed by atoms with Crippen LogP contribution in [0, 0.1) is 0 Å². The van der Waals surface area contributed by atoms with E-state index in [4.69, 9.17) is 5.11 Å². The molecule has 4 N–H and O–H groups in total. The minimum atomic E-state index is -0.984. The molecule has 0 aromatic heterocycles. The fraction of sp³-hybridized carbons (Fsp3) is 0.727. The molecule has 0 saturated heterocycles. The number of hydrogen-bond acceptors (Lipinski definition) is 3. The van der Waals surface area contributed by atoms with Crippen molar-refractivity contribution >= 4 is 17.9 Å². The first-order valence-corrected chi connectivity index (χ1v) is 5.97. The van der Waals surface area contributed by atoms with E-state index < -0.39 is 24.1 Å². The van der Waals surface area contributed by atoms with Crippen molar-refractivity contribution in [3.63, 3.8) is 0 Å². The second-order valence-corrected chi connectivity index (χ2v) is 4.62. The Morgan fingerprint density at radius 1 is 1.22 bits per heavy atom. The van der Waals surface area contributed by atoms with Gasteiger partial charge in [-0.3, -0.25) is 9.59 Å². The van der Waals surface area contributed by atoms with E-state index in [0.717, 1.165) is 12.8 Å². The van der Waals surface area contributed by atoms with Crippen LogP contribution < -0.4 is 16.0 Å². The summed E-state index contributed by atoms with van der Waals surface area (Å²) in [4.78, 5) is 33.4. The molecule has 0 aliphatic heterocycles. The van der Waals surface area contributed by atoms with Gasteiger partial charge in [-0.2, -0.15) is 0 Å². The molecule has 1 saturated carbocycles. The average Bonchev–Trinajstić information content (AvgIpc) is 2.99. The zero-order valence-corrected chi connectivity index (χ0v) is 10.5. The highest BCUT2D eigenvalue weighted by Gasteiger charge is 2.26. The quantitative estimate of drug-likeness (QED) is 0.529. The summed E-state index contributed by atoms with van der Waals surface area (Å²) in [6.45, 7) is 3.17. The van der Waals surface area contributed by atoms with Gasteiger partial charge < -0.3 is 21.1 Å². The molecule has 0 aromatic rings. The first-order chi connectivity index (χ1) is 8.38. The number of carboxylic acid groups (broad SMARTS) is 1. The van der Waals surface area contributed by atoms with Crippen LogP contribution in [0.2, 0.25) is 0 Å². The summed E-state index contributed by atoms with van der Waals surface area (Å²) in [5.41, 5.74) is 0. The number of amides is 3. The lowest BCUT2D eigenvalue weighted by Gasteiger charge is -2.17. The summed E-state index contributed by atoms with van der Waals surface area (Å²) >= 11 is 0. The molecule has 7 heteroatoms. The summed E-state index contributed by atoms with van der Waals surface area (Å²) in [6, 6.07) is -1.42. The molecule has 7 nitrogen and oxygen atoms in total. The number of carbonyl (C=O) groups is 3. The van der Waals surface area contributed by atoms with Gasteiger partial charge in [-0.15, -0.1) is 0 Å². The topological polar surface area (TPSA) is 108 Å². The molecule has 1 rings (SSSR count). The Hall–Kier alpha value is -1.79. The third kappa shape index (κ3) is 5.51. The molecule has 18 heavy (non-hydrogen) atoms. The van der Waals surface area contributed by atoms with Gasteiger partial charge in [0.1, 0.15) is 6.04 Å². The van der Waals surface area contributed by atoms with Crippen molar-refractivity contribution < 1.29 is 19.5 Å². The zero-order chi connectivity index (χ0) is 13.7. The van der Waals surface area contributed by atoms with E-state index in [1.165, 1.54) is 0 Å². The van der Waals surface area contributed by atoms with E-state index in [0.29, 0.717) is 0 Å². The molecule has 3 amide bonds. The van der Waals surface area contributed by atoms with Crippen molar-refractivity contribution in [3.8, 4) is 0 Å². The Labute approximate surface area is 105 Å². The van der Waals surface area contributed by atoms with E-state index in [-0.39, 0.29) is 18.4 Å². The van der Waals surface area contributed by atoms with Gasteiger partial charge in [-0.25, -0.2) is 4.79 Å². The summed E-state index contributed by atoms with van der Waals surface area (Å²) < 4.78 is 0. The predicted octanol–water partition coefficient (Wildman–Crippen LogP) is -0.184. The van der Waals surface area contributed by atoms with Gasteiger partial charge in [0.15, 0.2) is 0 Å². The Balaban J connectivity index is 2.25. The fourth-order valence-corrected chi connectivity index (χ4v) is 1.39. The Morgan fingerprint density at radius 3 is 2.33 bits per heavy atom. The highest BCUT2D eigenvalue weighted by atomic mass is 16.4. The highest BCUT2D eigenvalue weighted by molar-refractivity contribution is 5.87. The maximum absolute atomic E-state index is 11.5. The Bertz CT molecular complexity index is 341. The number of rotatable bonds is 6. The lowest BCUT2D eigenvalue weighted by atomic mass is 10.2. The summed E-state index contributed by atoms with van der Waals surface area (Å²) in [5, 5.41) is 16.2. The van der Waals surface area contributed by atoms with Crippen LogP contribution in [0.1, 0.15) is 33.1 Å². The van der Waals surface area contributed by atoms with Crippen LogP contribution in [-0.2, 0) is 9.59 Å². The molecule has 2 unspecified atom stereocenters. The minimum Gasteiger partial charge on any atom is -0.481 e. The smallest absolute Gasteiger partial charge is 0.315 e. The van der Waals surface area contributed by atoms with Gasteiger partial charge in [0, 0.05) is 12.1 Å². The number of carbonyl (C=O) groups excluding carboxylic acids is 2. The van der Waals surface area contributed by atoms with E-state index in [2.05, 4.69) is 16.0 Å². The summed E-state index contributed by atoms with van der Waals surface area (Å²) in [6.07, 6.45) is 1.82. The third-order valence-electron chi connectivity index (χ3n) is 2.52. The predicted molar refractivity (Wildman–Crippen MR) is 64.0 cm³/mol. The van der Waals surface area contributed by atoms with E-state index in [1.807, 2.05) is 0 Å². The molecule has 1 aliphatic rings. The molecule has 0 radical (unpaired) electrons. The van der Waals surface area contributed by atoms with Gasteiger partial charge in [0.25, 0.3) is 0 Å². The molecule has 0 heterocycles. The Morgan fingerprint density at radius 2 is 1.83 bits per heavy atom. The lowest BCUT2D eigenvalue weighted by Crippen LogP contribution is -2.50. The fourth-order valence-electron chi connectivity index (χ4n) is 1.39. The van der Waals surface area contributed by atoms with E-state index >= 15 is 0 Å². The van der Waals surface area contributed by atoms with Crippen LogP contribution >= 0.6 is 0 Å². The SMILES string of the molecule is CC(CC(=O)O)NC(=O)NC(C)C(=O)NC1CC1.